The van der Waals surface area contributed by atoms with Gasteiger partial charge < -0.3 is 4.90 Å². The van der Waals surface area contributed by atoms with Crippen LogP contribution in [-0.4, -0.2) is 30.8 Å². The summed E-state index contributed by atoms with van der Waals surface area (Å²) >= 11 is 12.1. The van der Waals surface area contributed by atoms with Crippen LogP contribution in [0.3, 0.4) is 0 Å². The molecule has 188 valence electrons. The summed E-state index contributed by atoms with van der Waals surface area (Å²) in [4.78, 5) is 24.3. The quantitative estimate of drug-likeness (QED) is 0.359. The molecule has 7 nitrogen and oxygen atoms in total. The molecule has 0 unspecified atom stereocenters. The fourth-order valence-electron chi connectivity index (χ4n) is 4.26. The van der Waals surface area contributed by atoms with Gasteiger partial charge in [-0.2, -0.15) is 0 Å². The lowest BCUT2D eigenvalue weighted by atomic mass is 10.0. The molecule has 3 aromatic carbocycles. The van der Waals surface area contributed by atoms with Crippen molar-refractivity contribution in [2.45, 2.75) is 24.3 Å². The number of sulfonamides is 1. The number of rotatable bonds is 6. The number of hydrogen-bond acceptors (Lipinski definition) is 6. The van der Waals surface area contributed by atoms with E-state index in [1.165, 1.54) is 35.5 Å². The average Bonchev–Trinajstić information content (AvgIpc) is 2.88. The highest BCUT2D eigenvalue weighted by Gasteiger charge is 2.25. The van der Waals surface area contributed by atoms with E-state index < -0.39 is 15.9 Å². The van der Waals surface area contributed by atoms with E-state index in [0.717, 1.165) is 18.5 Å². The van der Waals surface area contributed by atoms with Gasteiger partial charge in [-0.25, -0.2) is 23.1 Å². The number of nitrogens with zero attached hydrogens (tertiary/aromatic N) is 3. The Morgan fingerprint density at radius 3 is 2.43 bits per heavy atom. The number of nitrogens with one attached hydrogen (secondary N) is 1. The number of carbonyl (C=O) groups excluding carboxylic acids is 1. The molecule has 1 N–H and O–H groups in total. The molecule has 37 heavy (non-hydrogen) atoms. The predicted octanol–water partition coefficient (Wildman–Crippen LogP) is 5.06. The van der Waals surface area contributed by atoms with Gasteiger partial charge in [0, 0.05) is 35.8 Å². The topological polar surface area (TPSA) is 92.3 Å². The van der Waals surface area contributed by atoms with Gasteiger partial charge in [-0.1, -0.05) is 65.7 Å². The summed E-state index contributed by atoms with van der Waals surface area (Å²) in [7, 11) is -4.16. The molecule has 1 aliphatic rings. The van der Waals surface area contributed by atoms with E-state index >= 15 is 0 Å². The molecule has 5 rings (SSSR count). The van der Waals surface area contributed by atoms with Crippen LogP contribution >= 0.6 is 23.2 Å². The summed E-state index contributed by atoms with van der Waals surface area (Å²) in [6, 6.07) is 21.1. The van der Waals surface area contributed by atoms with Crippen molar-refractivity contribution in [3.8, 4) is 0 Å². The van der Waals surface area contributed by atoms with Gasteiger partial charge in [0.15, 0.2) is 0 Å². The Morgan fingerprint density at radius 2 is 1.68 bits per heavy atom. The highest BCUT2D eigenvalue weighted by molar-refractivity contribution is 7.90. The molecule has 1 amide bonds. The maximum absolute atomic E-state index is 13.2. The summed E-state index contributed by atoms with van der Waals surface area (Å²) in [6.45, 7) is 1.36. The highest BCUT2D eigenvalue weighted by atomic mass is 35.5. The number of amides is 1. The SMILES string of the molecule is O=C(NS(=O)(=O)c1cccc(Cl)c1)c1cnc(N2CCc3ccccc3C2)nc1Cc1cccc(Cl)c1. The van der Waals surface area contributed by atoms with Crippen molar-refractivity contribution in [3.05, 3.63) is 117 Å². The zero-order chi connectivity index (χ0) is 26.0. The Labute approximate surface area is 225 Å². The molecular weight excluding hydrogens is 531 g/mol. The number of benzene rings is 3. The molecule has 1 aromatic heterocycles. The van der Waals surface area contributed by atoms with Gasteiger partial charge in [0.25, 0.3) is 15.9 Å². The molecular formula is C27H22Cl2N4O3S. The maximum Gasteiger partial charge on any atom is 0.268 e. The molecule has 0 radical (unpaired) electrons. The third kappa shape index (κ3) is 5.77. The van der Waals surface area contributed by atoms with Crippen LogP contribution in [0, 0.1) is 0 Å². The number of fused-ring (bicyclic) bond motifs is 1. The molecule has 4 aromatic rings. The largest absolute Gasteiger partial charge is 0.336 e. The van der Waals surface area contributed by atoms with E-state index in [9.17, 15) is 13.2 Å². The first kappa shape index (κ1) is 25.2. The van der Waals surface area contributed by atoms with Crippen molar-refractivity contribution in [2.24, 2.45) is 0 Å². The van der Waals surface area contributed by atoms with Crippen molar-refractivity contribution >= 4 is 45.1 Å². The van der Waals surface area contributed by atoms with Gasteiger partial charge in [0.05, 0.1) is 16.2 Å². The Hall–Kier alpha value is -3.46. The minimum Gasteiger partial charge on any atom is -0.336 e. The average molecular weight is 553 g/mol. The first-order chi connectivity index (χ1) is 17.8. The number of carbonyl (C=O) groups is 1. The zero-order valence-electron chi connectivity index (χ0n) is 19.6. The lowest BCUT2D eigenvalue weighted by molar-refractivity contribution is 0.0980. The molecule has 1 aliphatic heterocycles. The van der Waals surface area contributed by atoms with E-state index in [1.54, 1.807) is 18.2 Å². The number of hydrogen-bond donors (Lipinski definition) is 1. The Balaban J connectivity index is 1.48. The van der Waals surface area contributed by atoms with Crippen LogP contribution in [0.4, 0.5) is 5.95 Å². The standard InChI is InChI=1S/C27H22Cl2N4O3S/c28-21-8-3-5-18(13-21)14-25-24(26(34)32-37(35,36)23-10-4-9-22(29)15-23)16-30-27(31-25)33-12-11-19-6-1-2-7-20(19)17-33/h1-10,13,15-16H,11-12,14,17H2,(H,32,34). The number of aromatic nitrogens is 2. The zero-order valence-corrected chi connectivity index (χ0v) is 21.9. The fraction of sp³-hybridized carbons (Fsp3) is 0.148. The maximum atomic E-state index is 13.2. The summed E-state index contributed by atoms with van der Waals surface area (Å²) < 4.78 is 27.8. The molecule has 0 saturated carbocycles. The van der Waals surface area contributed by atoms with Gasteiger partial charge in [-0.15, -0.1) is 0 Å². The Bertz CT molecular complexity index is 1590. The van der Waals surface area contributed by atoms with E-state index in [4.69, 9.17) is 28.2 Å². The molecule has 0 fully saturated rings. The van der Waals surface area contributed by atoms with Crippen LogP contribution in [0.15, 0.2) is 83.9 Å². The monoisotopic (exact) mass is 552 g/mol. The first-order valence-electron chi connectivity index (χ1n) is 11.5. The molecule has 0 aliphatic carbocycles. The van der Waals surface area contributed by atoms with Crippen molar-refractivity contribution in [1.82, 2.24) is 14.7 Å². The summed E-state index contributed by atoms with van der Waals surface area (Å²) in [5.41, 5.74) is 3.77. The smallest absolute Gasteiger partial charge is 0.268 e. The van der Waals surface area contributed by atoms with Crippen molar-refractivity contribution in [3.63, 3.8) is 0 Å². The molecule has 0 saturated heterocycles. The second-order valence-electron chi connectivity index (χ2n) is 8.67. The second kappa shape index (κ2) is 10.5. The molecule has 0 spiro atoms. The van der Waals surface area contributed by atoms with Gasteiger partial charge in [0.1, 0.15) is 0 Å². The van der Waals surface area contributed by atoms with Gasteiger partial charge in [-0.3, -0.25) is 4.79 Å². The van der Waals surface area contributed by atoms with Gasteiger partial charge in [-0.05, 0) is 53.4 Å². The lowest BCUT2D eigenvalue weighted by Gasteiger charge is -2.29. The normalized spacial score (nSPS) is 13.2. The van der Waals surface area contributed by atoms with Crippen LogP contribution < -0.4 is 9.62 Å². The van der Waals surface area contributed by atoms with Crippen LogP contribution in [0.1, 0.15) is 32.7 Å². The highest BCUT2D eigenvalue weighted by Crippen LogP contribution is 2.24. The lowest BCUT2D eigenvalue weighted by Crippen LogP contribution is -2.34. The minimum absolute atomic E-state index is 0.0618. The van der Waals surface area contributed by atoms with Crippen molar-refractivity contribution in [1.29, 1.82) is 0 Å². The Morgan fingerprint density at radius 1 is 0.946 bits per heavy atom. The summed E-state index contributed by atoms with van der Waals surface area (Å²) in [5.74, 6) is -0.353. The summed E-state index contributed by atoms with van der Waals surface area (Å²) in [5, 5.41) is 0.793. The Kier molecular flexibility index (Phi) is 7.15. The minimum atomic E-state index is -4.16. The van der Waals surface area contributed by atoms with Crippen LogP contribution in [0.2, 0.25) is 10.0 Å². The van der Waals surface area contributed by atoms with Gasteiger partial charge >= 0.3 is 0 Å². The number of halogens is 2. The van der Waals surface area contributed by atoms with Crippen LogP contribution in [0.25, 0.3) is 0 Å². The molecule has 0 bridgehead atoms. The second-order valence-corrected chi connectivity index (χ2v) is 11.2. The van der Waals surface area contributed by atoms with Crippen LogP contribution in [0.5, 0.6) is 0 Å². The van der Waals surface area contributed by atoms with Crippen molar-refractivity contribution < 1.29 is 13.2 Å². The predicted molar refractivity (Wildman–Crippen MR) is 144 cm³/mol. The fourth-order valence-corrected chi connectivity index (χ4v) is 5.74. The first-order valence-corrected chi connectivity index (χ1v) is 13.8. The third-order valence-electron chi connectivity index (χ3n) is 6.11. The van der Waals surface area contributed by atoms with E-state index in [2.05, 4.69) is 21.8 Å². The molecule has 10 heteroatoms. The number of anilines is 1. The molecule has 0 atom stereocenters. The van der Waals surface area contributed by atoms with E-state index in [0.29, 0.717) is 23.2 Å². The van der Waals surface area contributed by atoms with Crippen LogP contribution in [-0.2, 0) is 29.4 Å². The van der Waals surface area contributed by atoms with Gasteiger partial charge in [0.2, 0.25) is 5.95 Å². The molecule has 2 heterocycles. The van der Waals surface area contributed by atoms with E-state index in [-0.39, 0.29) is 21.9 Å². The van der Waals surface area contributed by atoms with Crippen molar-refractivity contribution in [2.75, 3.05) is 11.4 Å². The summed E-state index contributed by atoms with van der Waals surface area (Å²) in [6.07, 6.45) is 2.50. The third-order valence-corrected chi connectivity index (χ3v) is 7.91. The van der Waals surface area contributed by atoms with E-state index in [1.807, 2.05) is 29.2 Å².